The molecule has 0 aromatic heterocycles. The van der Waals surface area contributed by atoms with Crippen molar-refractivity contribution in [3.63, 3.8) is 0 Å². The highest BCUT2D eigenvalue weighted by Crippen LogP contribution is 2.37. The van der Waals surface area contributed by atoms with Gasteiger partial charge in [-0.25, -0.2) is 4.79 Å². The van der Waals surface area contributed by atoms with Crippen molar-refractivity contribution in [3.05, 3.63) is 35.6 Å². The van der Waals surface area contributed by atoms with E-state index in [0.717, 1.165) is 6.08 Å². The fourth-order valence-electron chi connectivity index (χ4n) is 1.43. The largest absolute Gasteiger partial charge is 0.502 e. The lowest BCUT2D eigenvalue weighted by Crippen LogP contribution is -2.01. The number of aliphatic carboxylic acids is 1. The minimum absolute atomic E-state index is 0.158. The monoisotopic (exact) mass is 294 g/mol. The van der Waals surface area contributed by atoms with Crippen molar-refractivity contribution in [2.75, 3.05) is 14.2 Å². The second-order valence-electron chi connectivity index (χ2n) is 3.84. The van der Waals surface area contributed by atoms with E-state index in [1.165, 1.54) is 32.4 Å². The molecule has 0 saturated heterocycles. The summed E-state index contributed by atoms with van der Waals surface area (Å²) in [5, 5.41) is 27.1. The molecule has 0 bridgehead atoms. The fraction of sp³-hybridized carbons (Fsp3) is 0.143. The van der Waals surface area contributed by atoms with Crippen molar-refractivity contribution >= 4 is 17.8 Å². The van der Waals surface area contributed by atoms with Crippen molar-refractivity contribution in [1.82, 2.24) is 0 Å². The molecule has 0 aliphatic heterocycles. The quantitative estimate of drug-likeness (QED) is 0.538. The van der Waals surface area contributed by atoms with Gasteiger partial charge in [0.1, 0.15) is 0 Å². The number of methoxy groups -OCH3 is 2. The summed E-state index contributed by atoms with van der Waals surface area (Å²) in [6, 6.07) is 2.92. The van der Waals surface area contributed by atoms with Crippen LogP contribution >= 0.6 is 0 Å². The SMILES string of the molecule is COc1cc(/C=C/C(=O)/C=C(/O)C(=O)O)cc(OC)c1O. The van der Waals surface area contributed by atoms with Gasteiger partial charge < -0.3 is 24.8 Å². The van der Waals surface area contributed by atoms with Crippen LogP contribution in [0.2, 0.25) is 0 Å². The first-order valence-electron chi connectivity index (χ1n) is 5.70. The topological polar surface area (TPSA) is 113 Å². The molecule has 0 heterocycles. The molecule has 21 heavy (non-hydrogen) atoms. The molecule has 7 heteroatoms. The molecule has 0 fully saturated rings. The van der Waals surface area contributed by atoms with Gasteiger partial charge >= 0.3 is 5.97 Å². The third-order valence-electron chi connectivity index (χ3n) is 2.44. The molecule has 3 N–H and O–H groups in total. The molecule has 1 rings (SSSR count). The van der Waals surface area contributed by atoms with E-state index >= 15 is 0 Å². The third kappa shape index (κ3) is 4.27. The standard InChI is InChI=1S/C14H14O7/c1-20-11-5-8(6-12(21-2)13(11)17)3-4-9(15)7-10(16)14(18)19/h3-7,16-17H,1-2H3,(H,18,19)/b4-3+,10-7+. The number of carboxylic acid groups (broad SMARTS) is 1. The van der Waals surface area contributed by atoms with Crippen LogP contribution in [0, 0.1) is 0 Å². The van der Waals surface area contributed by atoms with Gasteiger partial charge in [0.2, 0.25) is 11.5 Å². The average Bonchev–Trinajstić information content (AvgIpc) is 2.45. The Morgan fingerprint density at radius 3 is 2.05 bits per heavy atom. The summed E-state index contributed by atoms with van der Waals surface area (Å²) in [4.78, 5) is 21.8. The second kappa shape index (κ2) is 6.99. The molecule has 0 atom stereocenters. The van der Waals surface area contributed by atoms with E-state index < -0.39 is 17.5 Å². The van der Waals surface area contributed by atoms with Gasteiger partial charge in [-0.2, -0.15) is 0 Å². The van der Waals surface area contributed by atoms with Crippen LogP contribution in [0.3, 0.4) is 0 Å². The zero-order valence-corrected chi connectivity index (χ0v) is 11.4. The van der Waals surface area contributed by atoms with Gasteiger partial charge in [-0.15, -0.1) is 0 Å². The highest BCUT2D eigenvalue weighted by molar-refractivity contribution is 6.05. The fourth-order valence-corrected chi connectivity index (χ4v) is 1.43. The van der Waals surface area contributed by atoms with Crippen LogP contribution in [0.15, 0.2) is 30.0 Å². The van der Waals surface area contributed by atoms with Gasteiger partial charge in [0.15, 0.2) is 17.3 Å². The minimum atomic E-state index is -1.59. The average molecular weight is 294 g/mol. The number of hydrogen-bond acceptors (Lipinski definition) is 6. The number of carboxylic acids is 1. The van der Waals surface area contributed by atoms with Crippen molar-refractivity contribution in [3.8, 4) is 17.2 Å². The van der Waals surface area contributed by atoms with E-state index in [1.807, 2.05) is 0 Å². The maximum absolute atomic E-state index is 11.4. The van der Waals surface area contributed by atoms with Gasteiger partial charge in [0.05, 0.1) is 14.2 Å². The van der Waals surface area contributed by atoms with Crippen LogP contribution in [0.4, 0.5) is 0 Å². The first-order chi connectivity index (χ1) is 9.88. The molecule has 0 spiro atoms. The molecule has 0 aliphatic carbocycles. The van der Waals surface area contributed by atoms with E-state index in [-0.39, 0.29) is 17.2 Å². The summed E-state index contributed by atoms with van der Waals surface area (Å²) < 4.78 is 9.90. The molecule has 1 aromatic carbocycles. The number of phenolic OH excluding ortho intramolecular Hbond substituents is 1. The predicted molar refractivity (Wildman–Crippen MR) is 73.6 cm³/mol. The van der Waals surface area contributed by atoms with Crippen molar-refractivity contribution < 1.29 is 34.4 Å². The Balaban J connectivity index is 3.03. The zero-order valence-electron chi connectivity index (χ0n) is 11.4. The normalized spacial score (nSPS) is 11.4. The number of phenols is 1. The summed E-state index contributed by atoms with van der Waals surface area (Å²) >= 11 is 0. The number of aliphatic hydroxyl groups is 1. The van der Waals surface area contributed by atoms with Gasteiger partial charge in [0, 0.05) is 6.08 Å². The number of benzene rings is 1. The van der Waals surface area contributed by atoms with Crippen molar-refractivity contribution in [2.45, 2.75) is 0 Å². The summed E-state index contributed by atoms with van der Waals surface area (Å²) in [5.74, 6) is -3.21. The maximum Gasteiger partial charge on any atom is 0.371 e. The predicted octanol–water partition coefficient (Wildman–Crippen LogP) is 1.52. The number of ether oxygens (including phenoxy) is 2. The Morgan fingerprint density at radius 1 is 1.10 bits per heavy atom. The van der Waals surface area contributed by atoms with Crippen LogP contribution in [0.25, 0.3) is 6.08 Å². The van der Waals surface area contributed by atoms with E-state index in [0.29, 0.717) is 11.6 Å². The lowest BCUT2D eigenvalue weighted by molar-refractivity contribution is -0.135. The first-order valence-corrected chi connectivity index (χ1v) is 5.70. The lowest BCUT2D eigenvalue weighted by Gasteiger charge is -2.09. The van der Waals surface area contributed by atoms with Crippen LogP contribution in [-0.4, -0.2) is 41.3 Å². The summed E-state index contributed by atoms with van der Waals surface area (Å²) in [6.45, 7) is 0. The zero-order chi connectivity index (χ0) is 16.0. The molecular weight excluding hydrogens is 280 g/mol. The number of rotatable bonds is 6. The van der Waals surface area contributed by atoms with Crippen LogP contribution in [0.1, 0.15) is 5.56 Å². The Morgan fingerprint density at radius 2 is 1.62 bits per heavy atom. The number of aromatic hydroxyl groups is 1. The maximum atomic E-state index is 11.4. The molecule has 7 nitrogen and oxygen atoms in total. The molecule has 1 aromatic rings. The van der Waals surface area contributed by atoms with E-state index in [1.54, 1.807) is 0 Å². The van der Waals surface area contributed by atoms with Gasteiger partial charge in [-0.05, 0) is 23.8 Å². The number of hydrogen-bond donors (Lipinski definition) is 3. The minimum Gasteiger partial charge on any atom is -0.502 e. The van der Waals surface area contributed by atoms with Crippen molar-refractivity contribution in [2.24, 2.45) is 0 Å². The van der Waals surface area contributed by atoms with Crippen LogP contribution in [0.5, 0.6) is 17.2 Å². The van der Waals surface area contributed by atoms with Crippen molar-refractivity contribution in [1.29, 1.82) is 0 Å². The Bertz CT molecular complexity index is 589. The number of carbonyl (C=O) groups is 2. The highest BCUT2D eigenvalue weighted by atomic mass is 16.5. The molecule has 0 amide bonds. The number of ketones is 1. The number of aliphatic hydroxyl groups excluding tert-OH is 1. The summed E-state index contributed by atoms with van der Waals surface area (Å²) in [5.41, 5.74) is 0.484. The summed E-state index contributed by atoms with van der Waals surface area (Å²) in [7, 11) is 2.72. The Kier molecular flexibility index (Phi) is 5.36. The van der Waals surface area contributed by atoms with E-state index in [4.69, 9.17) is 19.7 Å². The molecule has 112 valence electrons. The molecule has 0 unspecified atom stereocenters. The first kappa shape index (κ1) is 16.1. The highest BCUT2D eigenvalue weighted by Gasteiger charge is 2.10. The van der Waals surface area contributed by atoms with Gasteiger partial charge in [0.25, 0.3) is 0 Å². The van der Waals surface area contributed by atoms with E-state index in [2.05, 4.69) is 0 Å². The third-order valence-corrected chi connectivity index (χ3v) is 2.44. The molecular formula is C14H14O7. The molecule has 0 saturated carbocycles. The Hall–Kier alpha value is -2.96. The van der Waals surface area contributed by atoms with Gasteiger partial charge in [-0.1, -0.05) is 6.08 Å². The Labute approximate surface area is 120 Å². The molecule has 0 radical (unpaired) electrons. The smallest absolute Gasteiger partial charge is 0.371 e. The second-order valence-corrected chi connectivity index (χ2v) is 3.84. The number of carbonyl (C=O) groups excluding carboxylic acids is 1. The number of allylic oxidation sites excluding steroid dienone is 2. The lowest BCUT2D eigenvalue weighted by atomic mass is 10.1. The molecule has 0 aliphatic rings. The van der Waals surface area contributed by atoms with Crippen LogP contribution in [-0.2, 0) is 9.59 Å². The van der Waals surface area contributed by atoms with Gasteiger partial charge in [-0.3, -0.25) is 4.79 Å². The van der Waals surface area contributed by atoms with E-state index in [9.17, 15) is 14.7 Å². The van der Waals surface area contributed by atoms with Crippen LogP contribution < -0.4 is 9.47 Å². The summed E-state index contributed by atoms with van der Waals surface area (Å²) in [6.07, 6.45) is 3.00.